The fraction of sp³-hybridized carbons (Fsp3) is 0.500. The van der Waals surface area contributed by atoms with Crippen LogP contribution in [0.5, 0.6) is 5.75 Å². The molecule has 1 fully saturated rings. The van der Waals surface area contributed by atoms with Gasteiger partial charge in [0.1, 0.15) is 5.75 Å². The lowest BCUT2D eigenvalue weighted by atomic mass is 10.00. The largest absolute Gasteiger partial charge is 0.507 e. The summed E-state index contributed by atoms with van der Waals surface area (Å²) in [5.74, 6) is 0.399. The van der Waals surface area contributed by atoms with Gasteiger partial charge in [0, 0.05) is 6.54 Å². The van der Waals surface area contributed by atoms with E-state index in [1.54, 1.807) is 0 Å². The van der Waals surface area contributed by atoms with Gasteiger partial charge in [-0.15, -0.1) is 12.4 Å². The van der Waals surface area contributed by atoms with Crippen molar-refractivity contribution in [3.05, 3.63) is 28.8 Å². The molecule has 1 aromatic carbocycles. The van der Waals surface area contributed by atoms with Crippen LogP contribution in [0.15, 0.2) is 12.1 Å². The average molecular weight is 244 g/mol. The summed E-state index contributed by atoms with van der Waals surface area (Å²) in [5, 5.41) is 13.1. The van der Waals surface area contributed by atoms with Gasteiger partial charge in [-0.2, -0.15) is 0 Å². The quantitative estimate of drug-likeness (QED) is 0.794. The Morgan fingerprint density at radius 2 is 1.94 bits per heavy atom. The summed E-state index contributed by atoms with van der Waals surface area (Å²) in [6, 6.07) is 4.31. The van der Waals surface area contributed by atoms with Crippen LogP contribution in [0, 0.1) is 13.8 Å². The standard InChI is InChI=1S/C12H17NO2.ClH/c1-8-5-10(6-9(2)12(8)14)11-7-15-4-3-13-11;/h5-6,11,13-14H,3-4,7H2,1-2H3;1H/t11-;/m1./s1. The van der Waals surface area contributed by atoms with Gasteiger partial charge >= 0.3 is 0 Å². The molecule has 16 heavy (non-hydrogen) atoms. The monoisotopic (exact) mass is 243 g/mol. The van der Waals surface area contributed by atoms with Crippen LogP contribution in [-0.2, 0) is 4.74 Å². The molecular weight excluding hydrogens is 226 g/mol. The molecule has 0 amide bonds. The van der Waals surface area contributed by atoms with Crippen LogP contribution in [0.1, 0.15) is 22.7 Å². The van der Waals surface area contributed by atoms with E-state index in [0.717, 1.165) is 24.3 Å². The van der Waals surface area contributed by atoms with E-state index in [1.807, 2.05) is 26.0 Å². The van der Waals surface area contributed by atoms with Gasteiger partial charge in [0.2, 0.25) is 0 Å². The van der Waals surface area contributed by atoms with Gasteiger partial charge in [0.15, 0.2) is 0 Å². The first-order chi connectivity index (χ1) is 7.18. The second kappa shape index (κ2) is 5.53. The number of aromatic hydroxyl groups is 1. The Kier molecular flexibility index (Phi) is 4.59. The second-order valence-corrected chi connectivity index (χ2v) is 4.08. The summed E-state index contributed by atoms with van der Waals surface area (Å²) in [5.41, 5.74) is 3.05. The lowest BCUT2D eigenvalue weighted by Crippen LogP contribution is -2.34. The maximum atomic E-state index is 9.68. The van der Waals surface area contributed by atoms with Crippen LogP contribution in [0.3, 0.4) is 0 Å². The summed E-state index contributed by atoms with van der Waals surface area (Å²) < 4.78 is 5.42. The van der Waals surface area contributed by atoms with Crippen LogP contribution in [0.25, 0.3) is 0 Å². The molecule has 2 N–H and O–H groups in total. The van der Waals surface area contributed by atoms with Crippen LogP contribution < -0.4 is 5.32 Å². The molecule has 3 nitrogen and oxygen atoms in total. The molecule has 90 valence electrons. The van der Waals surface area contributed by atoms with E-state index < -0.39 is 0 Å². The van der Waals surface area contributed by atoms with Crippen molar-refractivity contribution in [1.82, 2.24) is 5.32 Å². The molecule has 1 atom stereocenters. The maximum Gasteiger partial charge on any atom is 0.121 e. The zero-order chi connectivity index (χ0) is 10.8. The fourth-order valence-corrected chi connectivity index (χ4v) is 1.97. The van der Waals surface area contributed by atoms with Gasteiger partial charge in [0.25, 0.3) is 0 Å². The molecule has 1 aliphatic heterocycles. The highest BCUT2D eigenvalue weighted by Crippen LogP contribution is 2.26. The Balaban J connectivity index is 0.00000128. The third kappa shape index (κ3) is 2.67. The molecule has 4 heteroatoms. The van der Waals surface area contributed by atoms with Crippen LogP contribution in [0.2, 0.25) is 0 Å². The second-order valence-electron chi connectivity index (χ2n) is 4.08. The smallest absolute Gasteiger partial charge is 0.121 e. The number of hydrogen-bond donors (Lipinski definition) is 2. The number of phenolic OH excluding ortho intramolecular Hbond substituents is 1. The number of halogens is 1. The van der Waals surface area contributed by atoms with E-state index in [4.69, 9.17) is 4.74 Å². The van der Waals surface area contributed by atoms with Gasteiger partial charge < -0.3 is 15.2 Å². The molecule has 1 heterocycles. The highest BCUT2D eigenvalue weighted by molar-refractivity contribution is 5.85. The van der Waals surface area contributed by atoms with Crippen molar-refractivity contribution in [2.75, 3.05) is 19.8 Å². The first-order valence-corrected chi connectivity index (χ1v) is 5.29. The Hall–Kier alpha value is -0.770. The topological polar surface area (TPSA) is 41.5 Å². The lowest BCUT2D eigenvalue weighted by Gasteiger charge is -2.25. The molecule has 0 bridgehead atoms. The third-order valence-corrected chi connectivity index (χ3v) is 2.84. The zero-order valence-electron chi connectivity index (χ0n) is 9.62. The minimum atomic E-state index is 0. The van der Waals surface area contributed by atoms with Crippen molar-refractivity contribution in [3.63, 3.8) is 0 Å². The Labute approximate surface area is 102 Å². The highest BCUT2D eigenvalue weighted by Gasteiger charge is 2.16. The Morgan fingerprint density at radius 1 is 1.31 bits per heavy atom. The predicted molar refractivity (Wildman–Crippen MR) is 66.4 cm³/mol. The normalized spacial score (nSPS) is 20.2. The van der Waals surface area contributed by atoms with Crippen molar-refractivity contribution in [3.8, 4) is 5.75 Å². The third-order valence-electron chi connectivity index (χ3n) is 2.84. The fourth-order valence-electron chi connectivity index (χ4n) is 1.97. The number of nitrogens with one attached hydrogen (secondary N) is 1. The predicted octanol–water partition coefficient (Wildman–Crippen LogP) is 2.09. The molecule has 0 aromatic heterocycles. The summed E-state index contributed by atoms with van der Waals surface area (Å²) in [6.07, 6.45) is 0. The number of rotatable bonds is 1. The summed E-state index contributed by atoms with van der Waals surface area (Å²) >= 11 is 0. The van der Waals surface area contributed by atoms with Crippen molar-refractivity contribution in [2.24, 2.45) is 0 Å². The Bertz CT molecular complexity index is 339. The van der Waals surface area contributed by atoms with Crippen molar-refractivity contribution in [1.29, 1.82) is 0 Å². The summed E-state index contributed by atoms with van der Waals surface area (Å²) in [6.45, 7) is 6.24. The van der Waals surface area contributed by atoms with Crippen molar-refractivity contribution >= 4 is 12.4 Å². The van der Waals surface area contributed by atoms with Crippen molar-refractivity contribution < 1.29 is 9.84 Å². The van der Waals surface area contributed by atoms with E-state index in [9.17, 15) is 5.11 Å². The minimum absolute atomic E-state index is 0. The number of phenols is 1. The number of aryl methyl sites for hydroxylation is 2. The summed E-state index contributed by atoms with van der Waals surface area (Å²) in [7, 11) is 0. The maximum absolute atomic E-state index is 9.68. The number of benzene rings is 1. The molecule has 0 unspecified atom stereocenters. The Morgan fingerprint density at radius 3 is 2.44 bits per heavy atom. The lowest BCUT2D eigenvalue weighted by molar-refractivity contribution is 0.0768. The van der Waals surface area contributed by atoms with Crippen molar-refractivity contribution in [2.45, 2.75) is 19.9 Å². The van der Waals surface area contributed by atoms with Gasteiger partial charge in [0.05, 0.1) is 19.3 Å². The number of ether oxygens (including phenoxy) is 1. The zero-order valence-corrected chi connectivity index (χ0v) is 10.4. The van der Waals surface area contributed by atoms with Gasteiger partial charge in [-0.3, -0.25) is 0 Å². The SMILES string of the molecule is Cc1cc([C@H]2COCCN2)cc(C)c1O.Cl. The van der Waals surface area contributed by atoms with E-state index in [0.29, 0.717) is 12.4 Å². The first-order valence-electron chi connectivity index (χ1n) is 5.29. The van der Waals surface area contributed by atoms with Crippen LogP contribution in [0.4, 0.5) is 0 Å². The average Bonchev–Trinajstić information content (AvgIpc) is 2.26. The van der Waals surface area contributed by atoms with E-state index in [1.165, 1.54) is 5.56 Å². The van der Waals surface area contributed by atoms with E-state index in [2.05, 4.69) is 5.32 Å². The molecule has 1 aliphatic rings. The first kappa shape index (κ1) is 13.3. The molecule has 1 aromatic rings. The summed E-state index contributed by atoms with van der Waals surface area (Å²) in [4.78, 5) is 0. The highest BCUT2D eigenvalue weighted by atomic mass is 35.5. The van der Waals surface area contributed by atoms with E-state index in [-0.39, 0.29) is 18.4 Å². The van der Waals surface area contributed by atoms with E-state index >= 15 is 0 Å². The molecule has 1 saturated heterocycles. The van der Waals surface area contributed by atoms with Gasteiger partial charge in [-0.25, -0.2) is 0 Å². The number of hydrogen-bond acceptors (Lipinski definition) is 3. The molecular formula is C12H18ClNO2. The van der Waals surface area contributed by atoms with Gasteiger partial charge in [-0.05, 0) is 30.5 Å². The van der Waals surface area contributed by atoms with Crippen LogP contribution >= 0.6 is 12.4 Å². The molecule has 0 spiro atoms. The number of morpholine rings is 1. The van der Waals surface area contributed by atoms with Crippen LogP contribution in [-0.4, -0.2) is 24.9 Å². The molecule has 2 rings (SSSR count). The minimum Gasteiger partial charge on any atom is -0.507 e. The molecule has 0 saturated carbocycles. The molecule has 0 radical (unpaired) electrons. The molecule has 0 aliphatic carbocycles. The van der Waals surface area contributed by atoms with Gasteiger partial charge in [-0.1, -0.05) is 12.1 Å².